The van der Waals surface area contributed by atoms with Crippen LogP contribution in [0.15, 0.2) is 23.8 Å². The van der Waals surface area contributed by atoms with E-state index in [1.807, 2.05) is 0 Å². The fourth-order valence-corrected chi connectivity index (χ4v) is 7.67. The highest BCUT2D eigenvalue weighted by Crippen LogP contribution is 2.68. The van der Waals surface area contributed by atoms with Crippen LogP contribution < -0.4 is 0 Å². The first-order valence-electron chi connectivity index (χ1n) is 10.2. The molecule has 0 aromatic heterocycles. The van der Waals surface area contributed by atoms with Crippen molar-refractivity contribution in [3.8, 4) is 0 Å². The summed E-state index contributed by atoms with van der Waals surface area (Å²) in [6, 6.07) is 0. The molecule has 2 heteroatoms. The minimum atomic E-state index is -0.267. The van der Waals surface area contributed by atoms with Gasteiger partial charge in [0.2, 0.25) is 0 Å². The number of aliphatic hydroxyl groups is 1. The standard InChI is InChI=1S/C22H32O2/c1-20-10-6-16(23)14-15(20)4-5-17-18(20)7-11-21(2)19(17)8-12-22(21)9-3-13-24-22/h4,6,10,16-19,23H,3,5,7-9,11-14H2,1-2H3/t16-,17+,18-,19-,20-,21-,22?/m0/s1. The molecule has 1 aliphatic heterocycles. The van der Waals surface area contributed by atoms with Gasteiger partial charge in [0.1, 0.15) is 0 Å². The number of aliphatic hydroxyl groups excluding tert-OH is 1. The lowest BCUT2D eigenvalue weighted by Gasteiger charge is -2.58. The zero-order valence-electron chi connectivity index (χ0n) is 15.3. The third-order valence-electron chi connectivity index (χ3n) is 9.02. The van der Waals surface area contributed by atoms with Crippen molar-refractivity contribution in [2.45, 2.75) is 76.9 Å². The third-order valence-corrected chi connectivity index (χ3v) is 9.02. The first kappa shape index (κ1) is 15.6. The normalized spacial score (nSPS) is 55.9. The largest absolute Gasteiger partial charge is 0.389 e. The van der Waals surface area contributed by atoms with Gasteiger partial charge < -0.3 is 9.84 Å². The van der Waals surface area contributed by atoms with Crippen molar-refractivity contribution in [3.63, 3.8) is 0 Å². The molecule has 1 N–H and O–H groups in total. The van der Waals surface area contributed by atoms with Crippen molar-refractivity contribution in [2.75, 3.05) is 6.61 Å². The van der Waals surface area contributed by atoms with E-state index in [2.05, 4.69) is 32.1 Å². The summed E-state index contributed by atoms with van der Waals surface area (Å²) in [5.74, 6) is 2.39. The number of rotatable bonds is 0. The van der Waals surface area contributed by atoms with E-state index in [0.717, 1.165) is 30.8 Å². The predicted molar refractivity (Wildman–Crippen MR) is 95.5 cm³/mol. The van der Waals surface area contributed by atoms with Crippen LogP contribution in [-0.2, 0) is 4.74 Å². The molecule has 7 atom stereocenters. The van der Waals surface area contributed by atoms with Crippen LogP contribution in [0.5, 0.6) is 0 Å². The first-order chi connectivity index (χ1) is 11.5. The summed E-state index contributed by atoms with van der Waals surface area (Å²) in [4.78, 5) is 0. The molecule has 0 aromatic rings. The van der Waals surface area contributed by atoms with E-state index < -0.39 is 0 Å². The number of hydrogen-bond donors (Lipinski definition) is 1. The lowest BCUT2D eigenvalue weighted by molar-refractivity contribution is -0.127. The van der Waals surface area contributed by atoms with Gasteiger partial charge in [0.05, 0.1) is 11.7 Å². The van der Waals surface area contributed by atoms with E-state index >= 15 is 0 Å². The maximum absolute atomic E-state index is 10.0. The second kappa shape index (κ2) is 4.98. The molecule has 1 spiro atoms. The van der Waals surface area contributed by atoms with Gasteiger partial charge >= 0.3 is 0 Å². The quantitative estimate of drug-likeness (QED) is 0.657. The smallest absolute Gasteiger partial charge is 0.0758 e. The zero-order chi connectivity index (χ0) is 16.6. The van der Waals surface area contributed by atoms with Crippen molar-refractivity contribution in [1.82, 2.24) is 0 Å². The van der Waals surface area contributed by atoms with Gasteiger partial charge in [-0.25, -0.2) is 0 Å². The summed E-state index contributed by atoms with van der Waals surface area (Å²) in [5, 5.41) is 10.0. The molecule has 2 nitrogen and oxygen atoms in total. The predicted octanol–water partition coefficient (Wildman–Crippen LogP) is 4.64. The number of ether oxygens (including phenoxy) is 1. The van der Waals surface area contributed by atoms with Crippen LogP contribution in [0, 0.1) is 28.6 Å². The molecule has 24 heavy (non-hydrogen) atoms. The molecule has 1 heterocycles. The first-order valence-corrected chi connectivity index (χ1v) is 10.2. The van der Waals surface area contributed by atoms with Crippen LogP contribution >= 0.6 is 0 Å². The molecule has 0 aromatic carbocycles. The molecule has 0 radical (unpaired) electrons. The Morgan fingerprint density at radius 1 is 1.12 bits per heavy atom. The molecule has 4 aliphatic carbocycles. The molecule has 1 saturated heterocycles. The van der Waals surface area contributed by atoms with E-state index in [-0.39, 0.29) is 17.1 Å². The van der Waals surface area contributed by atoms with Crippen molar-refractivity contribution >= 4 is 0 Å². The molecule has 0 amide bonds. The van der Waals surface area contributed by atoms with Crippen LogP contribution in [0.2, 0.25) is 0 Å². The Labute approximate surface area is 146 Å². The van der Waals surface area contributed by atoms with Crippen LogP contribution in [0.25, 0.3) is 0 Å². The second-order valence-electron chi connectivity index (χ2n) is 9.70. The second-order valence-corrected chi connectivity index (χ2v) is 9.70. The summed E-state index contributed by atoms with van der Waals surface area (Å²) < 4.78 is 6.44. The van der Waals surface area contributed by atoms with Gasteiger partial charge in [0.15, 0.2) is 0 Å². The minimum Gasteiger partial charge on any atom is -0.389 e. The maximum atomic E-state index is 10.0. The monoisotopic (exact) mass is 328 g/mol. The molecular weight excluding hydrogens is 296 g/mol. The van der Waals surface area contributed by atoms with Gasteiger partial charge in [0.25, 0.3) is 0 Å². The van der Waals surface area contributed by atoms with Crippen molar-refractivity contribution in [3.05, 3.63) is 23.8 Å². The van der Waals surface area contributed by atoms with Gasteiger partial charge in [-0.05, 0) is 74.5 Å². The van der Waals surface area contributed by atoms with Crippen molar-refractivity contribution < 1.29 is 9.84 Å². The van der Waals surface area contributed by atoms with Gasteiger partial charge in [0, 0.05) is 12.0 Å². The Bertz CT molecular complexity index is 599. The van der Waals surface area contributed by atoms with Crippen LogP contribution in [-0.4, -0.2) is 23.4 Å². The van der Waals surface area contributed by atoms with Gasteiger partial charge in [-0.3, -0.25) is 0 Å². The minimum absolute atomic E-state index is 0.190. The topological polar surface area (TPSA) is 29.5 Å². The highest BCUT2D eigenvalue weighted by atomic mass is 16.5. The van der Waals surface area contributed by atoms with Crippen molar-refractivity contribution in [1.29, 1.82) is 0 Å². The van der Waals surface area contributed by atoms with Crippen LogP contribution in [0.1, 0.15) is 65.2 Å². The Kier molecular flexibility index (Phi) is 3.24. The van der Waals surface area contributed by atoms with Gasteiger partial charge in [-0.1, -0.05) is 37.6 Å². The number of allylic oxidation sites excluding steroid dienone is 2. The molecular formula is C22H32O2. The molecule has 132 valence electrons. The summed E-state index contributed by atoms with van der Waals surface area (Å²) in [7, 11) is 0. The average molecular weight is 328 g/mol. The zero-order valence-corrected chi connectivity index (χ0v) is 15.3. The highest BCUT2D eigenvalue weighted by molar-refractivity contribution is 5.33. The lowest BCUT2D eigenvalue weighted by atomic mass is 9.48. The van der Waals surface area contributed by atoms with E-state index in [9.17, 15) is 5.11 Å². The SMILES string of the molecule is C[C@]12C=C[C@H](O)CC1=CC[C@@H]1[C@@H]2CC[C@@]2(C)[C@H]1CCC21CCCO1. The summed E-state index contributed by atoms with van der Waals surface area (Å²) in [6.07, 6.45) is 16.6. The van der Waals surface area contributed by atoms with E-state index in [4.69, 9.17) is 4.74 Å². The molecule has 5 rings (SSSR count). The number of hydrogen-bond acceptors (Lipinski definition) is 2. The Balaban J connectivity index is 1.51. The van der Waals surface area contributed by atoms with Crippen LogP contribution in [0.3, 0.4) is 0 Å². The molecule has 1 unspecified atom stereocenters. The van der Waals surface area contributed by atoms with Gasteiger partial charge in [-0.2, -0.15) is 0 Å². The van der Waals surface area contributed by atoms with E-state index in [1.54, 1.807) is 0 Å². The maximum Gasteiger partial charge on any atom is 0.0758 e. The summed E-state index contributed by atoms with van der Waals surface area (Å²) >= 11 is 0. The van der Waals surface area contributed by atoms with Crippen LogP contribution in [0.4, 0.5) is 0 Å². The molecule has 3 fully saturated rings. The summed E-state index contributed by atoms with van der Waals surface area (Å²) in [6.45, 7) is 5.99. The Morgan fingerprint density at radius 2 is 1.96 bits per heavy atom. The number of fused-ring (bicyclic) bond motifs is 6. The van der Waals surface area contributed by atoms with E-state index in [1.165, 1.54) is 50.5 Å². The van der Waals surface area contributed by atoms with Crippen molar-refractivity contribution in [2.24, 2.45) is 28.6 Å². The Morgan fingerprint density at radius 3 is 2.75 bits per heavy atom. The highest BCUT2D eigenvalue weighted by Gasteiger charge is 2.64. The molecule has 2 saturated carbocycles. The lowest BCUT2D eigenvalue weighted by Crippen LogP contribution is -2.53. The fraction of sp³-hybridized carbons (Fsp3) is 0.818. The van der Waals surface area contributed by atoms with Gasteiger partial charge in [-0.15, -0.1) is 0 Å². The Hall–Kier alpha value is -0.600. The molecule has 5 aliphatic rings. The van der Waals surface area contributed by atoms with E-state index in [0.29, 0.717) is 5.41 Å². The fourth-order valence-electron chi connectivity index (χ4n) is 7.67. The average Bonchev–Trinajstić information content (AvgIpc) is 3.15. The third kappa shape index (κ3) is 1.80. The molecule has 0 bridgehead atoms. The summed E-state index contributed by atoms with van der Waals surface area (Å²) in [5.41, 5.74) is 2.29.